The normalized spacial score (nSPS) is 19.3. The molecule has 1 N–H and O–H groups in total. The van der Waals surface area contributed by atoms with E-state index in [0.29, 0.717) is 11.6 Å². The third-order valence-corrected chi connectivity index (χ3v) is 1.70. The van der Waals surface area contributed by atoms with Crippen molar-refractivity contribution in [3.63, 3.8) is 0 Å². The van der Waals surface area contributed by atoms with E-state index in [1.807, 2.05) is 13.0 Å². The van der Waals surface area contributed by atoms with E-state index in [1.54, 1.807) is 13.1 Å². The maximum Gasteiger partial charge on any atom is 0.0476 e. The molecule has 11 heavy (non-hydrogen) atoms. The van der Waals surface area contributed by atoms with Crippen LogP contribution in [-0.4, -0.2) is 11.9 Å². The van der Waals surface area contributed by atoms with Gasteiger partial charge in [0.25, 0.3) is 0 Å². The van der Waals surface area contributed by atoms with E-state index in [1.165, 1.54) is 12.8 Å². The fourth-order valence-corrected chi connectivity index (χ4v) is 0.966. The highest BCUT2D eigenvalue weighted by Crippen LogP contribution is 2.36. The number of nitrogens with one attached hydrogen (secondary N) is 1. The number of rotatable bonds is 3. The predicted molar refractivity (Wildman–Crippen MR) is 48.4 cm³/mol. The van der Waals surface area contributed by atoms with E-state index < -0.39 is 0 Å². The lowest BCUT2D eigenvalue weighted by atomic mass is 10.3. The first-order chi connectivity index (χ1) is 5.24. The van der Waals surface area contributed by atoms with Crippen molar-refractivity contribution in [3.05, 3.63) is 11.8 Å². The standard InChI is InChI=1S/C9H14N2/c1-3-9(8-4-5-8)11-6-7(2)10/h3,6,8,10H,4-5H2,1-2H3/b9-3-,10-7?,11-6?. The summed E-state index contributed by atoms with van der Waals surface area (Å²) in [5, 5.41) is 7.15. The molecule has 1 aliphatic rings. The van der Waals surface area contributed by atoms with E-state index >= 15 is 0 Å². The largest absolute Gasteiger partial charge is 0.304 e. The van der Waals surface area contributed by atoms with E-state index in [-0.39, 0.29) is 0 Å². The molecular formula is C9H14N2. The van der Waals surface area contributed by atoms with Gasteiger partial charge in [-0.05, 0) is 26.7 Å². The average molecular weight is 150 g/mol. The Morgan fingerprint density at radius 2 is 2.18 bits per heavy atom. The van der Waals surface area contributed by atoms with Crippen molar-refractivity contribution in [1.82, 2.24) is 0 Å². The van der Waals surface area contributed by atoms with Gasteiger partial charge in [-0.3, -0.25) is 4.99 Å². The van der Waals surface area contributed by atoms with Gasteiger partial charge in [-0.15, -0.1) is 0 Å². The van der Waals surface area contributed by atoms with Crippen LogP contribution in [0.4, 0.5) is 0 Å². The topological polar surface area (TPSA) is 36.2 Å². The van der Waals surface area contributed by atoms with Crippen LogP contribution in [0, 0.1) is 11.3 Å². The van der Waals surface area contributed by atoms with Gasteiger partial charge in [-0.1, -0.05) is 6.08 Å². The maximum atomic E-state index is 7.15. The lowest BCUT2D eigenvalue weighted by Crippen LogP contribution is -1.90. The summed E-state index contributed by atoms with van der Waals surface area (Å²) >= 11 is 0. The van der Waals surface area contributed by atoms with Crippen LogP contribution in [0.3, 0.4) is 0 Å². The van der Waals surface area contributed by atoms with Crippen LogP contribution in [0.2, 0.25) is 0 Å². The van der Waals surface area contributed by atoms with Crippen LogP contribution in [0.15, 0.2) is 16.8 Å². The highest BCUT2D eigenvalue weighted by molar-refractivity contribution is 6.28. The zero-order valence-electron chi connectivity index (χ0n) is 7.09. The maximum absolute atomic E-state index is 7.15. The second-order valence-electron chi connectivity index (χ2n) is 2.93. The SMILES string of the molecule is C/C=C(\N=CC(C)=N)C1CC1. The molecule has 0 atom stereocenters. The first-order valence-corrected chi connectivity index (χ1v) is 3.99. The van der Waals surface area contributed by atoms with Gasteiger partial charge in [0, 0.05) is 23.5 Å². The number of aliphatic imine (C=N–C) groups is 1. The molecule has 1 rings (SSSR count). The van der Waals surface area contributed by atoms with Crippen molar-refractivity contribution in [2.75, 3.05) is 0 Å². The highest BCUT2D eigenvalue weighted by atomic mass is 14.8. The number of hydrogen-bond acceptors (Lipinski definition) is 2. The molecule has 0 bridgehead atoms. The van der Waals surface area contributed by atoms with Crippen molar-refractivity contribution in [3.8, 4) is 0 Å². The Kier molecular flexibility index (Phi) is 2.58. The first kappa shape index (κ1) is 8.18. The Morgan fingerprint density at radius 3 is 2.55 bits per heavy atom. The van der Waals surface area contributed by atoms with Crippen molar-refractivity contribution < 1.29 is 0 Å². The van der Waals surface area contributed by atoms with Gasteiger partial charge in [0.1, 0.15) is 0 Å². The molecule has 2 nitrogen and oxygen atoms in total. The third kappa shape index (κ3) is 2.66. The lowest BCUT2D eigenvalue weighted by molar-refractivity contribution is 0.979. The third-order valence-electron chi connectivity index (χ3n) is 1.70. The first-order valence-electron chi connectivity index (χ1n) is 3.99. The Balaban J connectivity index is 2.50. The lowest BCUT2D eigenvalue weighted by Gasteiger charge is -1.94. The minimum atomic E-state index is 0.519. The van der Waals surface area contributed by atoms with Gasteiger partial charge < -0.3 is 5.41 Å². The van der Waals surface area contributed by atoms with Gasteiger partial charge in [0.05, 0.1) is 0 Å². The van der Waals surface area contributed by atoms with Gasteiger partial charge in [0.2, 0.25) is 0 Å². The summed E-state index contributed by atoms with van der Waals surface area (Å²) < 4.78 is 0. The van der Waals surface area contributed by atoms with E-state index in [2.05, 4.69) is 4.99 Å². The molecule has 1 aliphatic carbocycles. The molecule has 0 spiro atoms. The summed E-state index contributed by atoms with van der Waals surface area (Å²) in [4.78, 5) is 4.22. The zero-order valence-corrected chi connectivity index (χ0v) is 7.09. The highest BCUT2D eigenvalue weighted by Gasteiger charge is 2.24. The molecule has 0 amide bonds. The molecule has 0 aliphatic heterocycles. The summed E-state index contributed by atoms with van der Waals surface area (Å²) in [6, 6.07) is 0. The number of hydrogen-bond donors (Lipinski definition) is 1. The monoisotopic (exact) mass is 150 g/mol. The van der Waals surface area contributed by atoms with Crippen LogP contribution in [-0.2, 0) is 0 Å². The van der Waals surface area contributed by atoms with Crippen molar-refractivity contribution in [2.45, 2.75) is 26.7 Å². The Bertz CT molecular complexity index is 210. The van der Waals surface area contributed by atoms with Crippen LogP contribution in [0.1, 0.15) is 26.7 Å². The Labute approximate surface area is 67.5 Å². The minimum absolute atomic E-state index is 0.519. The van der Waals surface area contributed by atoms with Gasteiger partial charge >= 0.3 is 0 Å². The second-order valence-corrected chi connectivity index (χ2v) is 2.93. The van der Waals surface area contributed by atoms with Crippen LogP contribution >= 0.6 is 0 Å². The molecule has 1 fully saturated rings. The van der Waals surface area contributed by atoms with Crippen molar-refractivity contribution in [2.24, 2.45) is 10.9 Å². The molecule has 0 aromatic rings. The molecular weight excluding hydrogens is 136 g/mol. The van der Waals surface area contributed by atoms with Gasteiger partial charge in [-0.25, -0.2) is 0 Å². The molecule has 60 valence electrons. The molecule has 2 heteroatoms. The van der Waals surface area contributed by atoms with E-state index in [0.717, 1.165) is 5.70 Å². The average Bonchev–Trinajstić information content (AvgIpc) is 2.72. The fourth-order valence-electron chi connectivity index (χ4n) is 0.966. The quantitative estimate of drug-likeness (QED) is 0.600. The van der Waals surface area contributed by atoms with E-state index in [4.69, 9.17) is 5.41 Å². The molecule has 1 saturated carbocycles. The Morgan fingerprint density at radius 1 is 1.55 bits per heavy atom. The molecule has 0 aromatic carbocycles. The minimum Gasteiger partial charge on any atom is -0.304 e. The summed E-state index contributed by atoms with van der Waals surface area (Å²) in [5.74, 6) is 0.690. The Hall–Kier alpha value is -0.920. The molecule has 0 radical (unpaired) electrons. The zero-order chi connectivity index (χ0) is 8.27. The smallest absolute Gasteiger partial charge is 0.0476 e. The van der Waals surface area contributed by atoms with Gasteiger partial charge in [0.15, 0.2) is 0 Å². The van der Waals surface area contributed by atoms with Crippen molar-refractivity contribution in [1.29, 1.82) is 5.41 Å². The van der Waals surface area contributed by atoms with Crippen LogP contribution in [0.25, 0.3) is 0 Å². The summed E-state index contributed by atoms with van der Waals surface area (Å²) in [5.41, 5.74) is 1.67. The summed E-state index contributed by atoms with van der Waals surface area (Å²) in [7, 11) is 0. The van der Waals surface area contributed by atoms with Crippen LogP contribution in [0.5, 0.6) is 0 Å². The van der Waals surface area contributed by atoms with Gasteiger partial charge in [-0.2, -0.15) is 0 Å². The van der Waals surface area contributed by atoms with E-state index in [9.17, 15) is 0 Å². The number of nitrogens with zero attached hydrogens (tertiary/aromatic N) is 1. The number of allylic oxidation sites excluding steroid dienone is 2. The van der Waals surface area contributed by atoms with Crippen LogP contribution < -0.4 is 0 Å². The second kappa shape index (κ2) is 3.46. The van der Waals surface area contributed by atoms with Crippen molar-refractivity contribution >= 4 is 11.9 Å². The molecule has 0 saturated heterocycles. The molecule has 0 heterocycles. The molecule has 0 aromatic heterocycles. The predicted octanol–water partition coefficient (Wildman–Crippen LogP) is 2.41. The summed E-state index contributed by atoms with van der Waals surface area (Å²) in [6.07, 6.45) is 6.20. The fraction of sp³-hybridized carbons (Fsp3) is 0.556. The molecule has 0 unspecified atom stereocenters. The summed E-state index contributed by atoms with van der Waals surface area (Å²) in [6.45, 7) is 3.74.